The van der Waals surface area contributed by atoms with Crippen molar-refractivity contribution in [3.05, 3.63) is 71.8 Å². The first kappa shape index (κ1) is 20.5. The first-order valence-corrected chi connectivity index (χ1v) is 8.02. The van der Waals surface area contributed by atoms with Gasteiger partial charge < -0.3 is 9.47 Å². The minimum atomic E-state index is -1.82. The van der Waals surface area contributed by atoms with E-state index in [0.29, 0.717) is 0 Å². The number of isocyanates is 2. The van der Waals surface area contributed by atoms with Gasteiger partial charge in [-0.15, -0.1) is 0 Å². The summed E-state index contributed by atoms with van der Waals surface area (Å²) < 4.78 is 67.2. The van der Waals surface area contributed by atoms with E-state index in [4.69, 9.17) is 9.47 Å². The van der Waals surface area contributed by atoms with Gasteiger partial charge in [0.2, 0.25) is 46.9 Å². The Balaban J connectivity index is 1.92. The average molecular weight is 416 g/mol. The van der Waals surface area contributed by atoms with Crippen molar-refractivity contribution in [1.82, 2.24) is 0 Å². The topological polar surface area (TPSA) is 77.3 Å². The Bertz CT molecular complexity index is 1060. The molecule has 0 radical (unpaired) electrons. The zero-order valence-electron chi connectivity index (χ0n) is 14.7. The lowest BCUT2D eigenvalue weighted by atomic mass is 10.2. The summed E-state index contributed by atoms with van der Waals surface area (Å²) in [5, 5.41) is 0. The van der Waals surface area contributed by atoms with Gasteiger partial charge in [-0.3, -0.25) is 0 Å². The van der Waals surface area contributed by atoms with E-state index in [0.717, 1.165) is 0 Å². The molecule has 0 saturated heterocycles. The standard InChI is InChI=1S/C20H8F4N2O4/c21-15-17(23)20(30-14-7-3-12(4-8-14)26-10-28)18(24)16(22)19(15)29-13-5-1-11(2-6-13)25-9-27/h1-8H. The molecular formula is C20H8F4N2O4. The lowest BCUT2D eigenvalue weighted by Crippen LogP contribution is -2.03. The van der Waals surface area contributed by atoms with E-state index < -0.39 is 34.8 Å². The predicted octanol–water partition coefficient (Wildman–Crippen LogP) is 5.76. The number of hydrogen-bond acceptors (Lipinski definition) is 6. The van der Waals surface area contributed by atoms with Crippen LogP contribution in [-0.4, -0.2) is 12.2 Å². The molecule has 0 spiro atoms. The summed E-state index contributed by atoms with van der Waals surface area (Å²) in [6.45, 7) is 0. The molecule has 0 atom stereocenters. The highest BCUT2D eigenvalue weighted by atomic mass is 19.2. The second-order valence-corrected chi connectivity index (χ2v) is 5.51. The number of hydrogen-bond donors (Lipinski definition) is 0. The van der Waals surface area contributed by atoms with Gasteiger partial charge in [-0.05, 0) is 48.5 Å². The lowest BCUT2D eigenvalue weighted by Gasteiger charge is -2.13. The van der Waals surface area contributed by atoms with Crippen LogP contribution in [0.1, 0.15) is 0 Å². The third kappa shape index (κ3) is 4.25. The smallest absolute Gasteiger partial charge is 0.240 e. The monoisotopic (exact) mass is 416 g/mol. The van der Waals surface area contributed by atoms with Gasteiger partial charge >= 0.3 is 0 Å². The quantitative estimate of drug-likeness (QED) is 0.221. The summed E-state index contributed by atoms with van der Waals surface area (Å²) in [4.78, 5) is 27.0. The van der Waals surface area contributed by atoms with Gasteiger partial charge in [-0.2, -0.15) is 27.5 Å². The maximum atomic E-state index is 14.3. The highest BCUT2D eigenvalue weighted by molar-refractivity contribution is 5.52. The molecule has 0 unspecified atom stereocenters. The Hall–Kier alpha value is -4.26. The number of benzene rings is 3. The molecule has 6 nitrogen and oxygen atoms in total. The van der Waals surface area contributed by atoms with Gasteiger partial charge in [0, 0.05) is 0 Å². The summed E-state index contributed by atoms with van der Waals surface area (Å²) in [6, 6.07) is 9.77. The second kappa shape index (κ2) is 8.83. The second-order valence-electron chi connectivity index (χ2n) is 5.51. The third-order valence-corrected chi connectivity index (χ3v) is 3.65. The molecule has 0 heterocycles. The maximum absolute atomic E-state index is 14.3. The summed E-state index contributed by atoms with van der Waals surface area (Å²) in [6.07, 6.45) is 2.60. The van der Waals surface area contributed by atoms with Gasteiger partial charge in [-0.1, -0.05) is 0 Å². The van der Waals surface area contributed by atoms with Crippen LogP contribution in [0.15, 0.2) is 58.5 Å². The minimum absolute atomic E-state index is 0.170. The molecule has 3 rings (SSSR count). The van der Waals surface area contributed by atoms with E-state index in [-0.39, 0.29) is 22.9 Å². The van der Waals surface area contributed by atoms with E-state index in [1.807, 2.05) is 0 Å². The lowest BCUT2D eigenvalue weighted by molar-refractivity contribution is 0.330. The Morgan fingerprint density at radius 3 is 1.13 bits per heavy atom. The number of ether oxygens (including phenoxy) is 2. The fourth-order valence-corrected chi connectivity index (χ4v) is 2.29. The molecule has 0 N–H and O–H groups in total. The summed E-state index contributed by atoms with van der Waals surface area (Å²) in [7, 11) is 0. The Labute approximate surface area is 165 Å². The molecule has 0 aromatic heterocycles. The maximum Gasteiger partial charge on any atom is 0.240 e. The van der Waals surface area contributed by atoms with Crippen LogP contribution in [0.5, 0.6) is 23.0 Å². The van der Waals surface area contributed by atoms with Crippen LogP contribution >= 0.6 is 0 Å². The molecule has 0 aliphatic carbocycles. The zero-order valence-corrected chi connectivity index (χ0v) is 14.7. The highest BCUT2D eigenvalue weighted by Gasteiger charge is 2.29. The number of halogens is 4. The summed E-state index contributed by atoms with van der Waals surface area (Å²) in [5.74, 6) is -10.3. The first-order valence-electron chi connectivity index (χ1n) is 8.02. The van der Waals surface area contributed by atoms with Crippen molar-refractivity contribution in [1.29, 1.82) is 0 Å². The first-order chi connectivity index (χ1) is 14.4. The molecule has 3 aromatic carbocycles. The van der Waals surface area contributed by atoms with E-state index in [1.165, 1.54) is 60.7 Å². The zero-order chi connectivity index (χ0) is 21.7. The molecular weight excluding hydrogens is 408 g/mol. The molecule has 3 aromatic rings. The Morgan fingerprint density at radius 2 is 0.867 bits per heavy atom. The van der Waals surface area contributed by atoms with Crippen LogP contribution in [0.3, 0.4) is 0 Å². The Morgan fingerprint density at radius 1 is 0.567 bits per heavy atom. The van der Waals surface area contributed by atoms with Crippen molar-refractivity contribution >= 4 is 23.5 Å². The number of rotatable bonds is 6. The fraction of sp³-hybridized carbons (Fsp3) is 0. The predicted molar refractivity (Wildman–Crippen MR) is 94.9 cm³/mol. The third-order valence-electron chi connectivity index (χ3n) is 3.65. The molecule has 0 fully saturated rings. The fourth-order valence-electron chi connectivity index (χ4n) is 2.29. The molecule has 10 heteroatoms. The van der Waals surface area contributed by atoms with Crippen molar-refractivity contribution in [2.45, 2.75) is 0 Å². The average Bonchev–Trinajstić information content (AvgIpc) is 2.76. The largest absolute Gasteiger partial charge is 0.451 e. The van der Waals surface area contributed by atoms with Crippen LogP contribution in [0, 0.1) is 23.3 Å². The van der Waals surface area contributed by atoms with Gasteiger partial charge in [0.05, 0.1) is 11.4 Å². The molecule has 150 valence electrons. The molecule has 0 bridgehead atoms. The van der Waals surface area contributed by atoms with Gasteiger partial charge in [0.15, 0.2) is 0 Å². The van der Waals surface area contributed by atoms with Crippen molar-refractivity contribution < 1.29 is 36.6 Å². The van der Waals surface area contributed by atoms with E-state index in [2.05, 4.69) is 9.98 Å². The molecule has 0 aliphatic heterocycles. The van der Waals surface area contributed by atoms with Gasteiger partial charge in [0.25, 0.3) is 0 Å². The number of aliphatic imine (C=N–C) groups is 2. The molecule has 0 aliphatic rings. The van der Waals surface area contributed by atoms with Crippen LogP contribution in [0.4, 0.5) is 28.9 Å². The molecule has 30 heavy (non-hydrogen) atoms. The van der Waals surface area contributed by atoms with Crippen molar-refractivity contribution in [3.63, 3.8) is 0 Å². The van der Waals surface area contributed by atoms with Crippen LogP contribution in [-0.2, 0) is 9.59 Å². The van der Waals surface area contributed by atoms with Crippen molar-refractivity contribution in [2.24, 2.45) is 9.98 Å². The SMILES string of the molecule is O=C=Nc1ccc(Oc2c(F)c(F)c(Oc3ccc(N=C=O)cc3)c(F)c2F)cc1. The van der Waals surface area contributed by atoms with Crippen LogP contribution < -0.4 is 9.47 Å². The normalized spacial score (nSPS) is 10.0. The number of carbonyl (C=O) groups excluding carboxylic acids is 2. The summed E-state index contributed by atoms with van der Waals surface area (Å²) >= 11 is 0. The van der Waals surface area contributed by atoms with Crippen LogP contribution in [0.2, 0.25) is 0 Å². The highest BCUT2D eigenvalue weighted by Crippen LogP contribution is 2.39. The van der Waals surface area contributed by atoms with E-state index in [9.17, 15) is 27.2 Å². The van der Waals surface area contributed by atoms with Gasteiger partial charge in [0.1, 0.15) is 11.5 Å². The number of nitrogens with zero attached hydrogens (tertiary/aromatic N) is 2. The Kier molecular flexibility index (Phi) is 6.03. The van der Waals surface area contributed by atoms with E-state index >= 15 is 0 Å². The van der Waals surface area contributed by atoms with Crippen molar-refractivity contribution in [3.8, 4) is 23.0 Å². The van der Waals surface area contributed by atoms with Crippen LogP contribution in [0.25, 0.3) is 0 Å². The van der Waals surface area contributed by atoms with Gasteiger partial charge in [-0.25, -0.2) is 9.59 Å². The molecule has 0 amide bonds. The summed E-state index contributed by atoms with van der Waals surface area (Å²) in [5.41, 5.74) is 0.369. The molecule has 0 saturated carbocycles. The van der Waals surface area contributed by atoms with Crippen molar-refractivity contribution in [2.75, 3.05) is 0 Å². The minimum Gasteiger partial charge on any atom is -0.451 e. The van der Waals surface area contributed by atoms with E-state index in [1.54, 1.807) is 0 Å².